The van der Waals surface area contributed by atoms with Crippen molar-refractivity contribution in [3.05, 3.63) is 32.5 Å². The summed E-state index contributed by atoms with van der Waals surface area (Å²) in [5, 5.41) is 6.63. The Balaban J connectivity index is 2.11. The number of anilines is 1. The van der Waals surface area contributed by atoms with E-state index in [9.17, 15) is 0 Å². The first-order valence-corrected chi connectivity index (χ1v) is 7.57. The third-order valence-electron chi connectivity index (χ3n) is 2.80. The third kappa shape index (κ3) is 2.87. The van der Waals surface area contributed by atoms with Gasteiger partial charge in [-0.1, -0.05) is 6.92 Å². The van der Waals surface area contributed by atoms with Crippen LogP contribution in [0.1, 0.15) is 40.9 Å². The van der Waals surface area contributed by atoms with Crippen molar-refractivity contribution in [3.8, 4) is 0 Å². The molecule has 0 bridgehead atoms. The first-order valence-electron chi connectivity index (χ1n) is 5.88. The lowest BCUT2D eigenvalue weighted by Gasteiger charge is -2.12. The van der Waals surface area contributed by atoms with Gasteiger partial charge >= 0.3 is 0 Å². The monoisotopic (exact) mass is 266 g/mol. The summed E-state index contributed by atoms with van der Waals surface area (Å²) in [6.45, 7) is 8.67. The topological polar surface area (TPSA) is 24.9 Å². The summed E-state index contributed by atoms with van der Waals surface area (Å²) in [4.78, 5) is 7.31. The highest BCUT2D eigenvalue weighted by Crippen LogP contribution is 2.29. The van der Waals surface area contributed by atoms with Crippen molar-refractivity contribution in [1.82, 2.24) is 4.98 Å². The number of thiophene rings is 1. The molecule has 0 aliphatic heterocycles. The van der Waals surface area contributed by atoms with E-state index in [2.05, 4.69) is 49.4 Å². The Morgan fingerprint density at radius 2 is 2.18 bits per heavy atom. The van der Waals surface area contributed by atoms with E-state index in [-0.39, 0.29) is 0 Å². The quantitative estimate of drug-likeness (QED) is 0.877. The standard InChI is InChI=1S/C13H18N2S2/c1-5-11-7-16-13(15-11)14-9(3)12-6-8(2)17-10(12)4/h6-7,9H,5H2,1-4H3,(H,14,15). The van der Waals surface area contributed by atoms with Gasteiger partial charge in [0.15, 0.2) is 5.13 Å². The second-order valence-corrected chi connectivity index (χ2v) is 6.55. The van der Waals surface area contributed by atoms with E-state index in [0.717, 1.165) is 11.6 Å². The van der Waals surface area contributed by atoms with E-state index in [1.807, 2.05) is 11.3 Å². The molecule has 0 aliphatic carbocycles. The van der Waals surface area contributed by atoms with E-state index in [1.54, 1.807) is 11.3 Å². The van der Waals surface area contributed by atoms with Crippen molar-refractivity contribution in [1.29, 1.82) is 0 Å². The van der Waals surface area contributed by atoms with Gasteiger partial charge in [-0.2, -0.15) is 0 Å². The molecular formula is C13H18N2S2. The van der Waals surface area contributed by atoms with E-state index in [0.29, 0.717) is 6.04 Å². The van der Waals surface area contributed by atoms with Crippen LogP contribution in [0.2, 0.25) is 0 Å². The normalized spacial score (nSPS) is 12.7. The number of thiazole rings is 1. The molecule has 1 N–H and O–H groups in total. The van der Waals surface area contributed by atoms with Crippen LogP contribution in [0.25, 0.3) is 0 Å². The second-order valence-electron chi connectivity index (χ2n) is 4.23. The fraction of sp³-hybridized carbons (Fsp3) is 0.462. The average molecular weight is 266 g/mol. The van der Waals surface area contributed by atoms with Crippen molar-refractivity contribution in [3.63, 3.8) is 0 Å². The highest BCUT2D eigenvalue weighted by atomic mass is 32.1. The molecule has 4 heteroatoms. The Morgan fingerprint density at radius 3 is 2.71 bits per heavy atom. The lowest BCUT2D eigenvalue weighted by Crippen LogP contribution is -2.06. The highest BCUT2D eigenvalue weighted by molar-refractivity contribution is 7.13. The van der Waals surface area contributed by atoms with Gasteiger partial charge < -0.3 is 5.32 Å². The largest absolute Gasteiger partial charge is 0.355 e. The Hall–Kier alpha value is -0.870. The number of aryl methyl sites for hydroxylation is 3. The minimum atomic E-state index is 0.329. The van der Waals surface area contributed by atoms with E-state index in [4.69, 9.17) is 0 Å². The van der Waals surface area contributed by atoms with Crippen molar-refractivity contribution in [2.24, 2.45) is 0 Å². The lowest BCUT2D eigenvalue weighted by atomic mass is 10.1. The van der Waals surface area contributed by atoms with Gasteiger partial charge in [0.05, 0.1) is 11.7 Å². The molecule has 0 fully saturated rings. The maximum Gasteiger partial charge on any atom is 0.183 e. The summed E-state index contributed by atoms with van der Waals surface area (Å²) >= 11 is 3.55. The number of aromatic nitrogens is 1. The molecule has 17 heavy (non-hydrogen) atoms. The van der Waals surface area contributed by atoms with Gasteiger partial charge in [-0.25, -0.2) is 4.98 Å². The molecule has 2 aromatic heterocycles. The zero-order valence-corrected chi connectivity index (χ0v) is 12.3. The smallest absolute Gasteiger partial charge is 0.183 e. The molecule has 0 aliphatic rings. The summed E-state index contributed by atoms with van der Waals surface area (Å²) in [6.07, 6.45) is 1.00. The number of nitrogens with zero attached hydrogens (tertiary/aromatic N) is 1. The molecule has 0 spiro atoms. The van der Waals surface area contributed by atoms with Gasteiger partial charge in [-0.05, 0) is 38.8 Å². The first kappa shape index (κ1) is 12.6. The summed E-state index contributed by atoms with van der Waals surface area (Å²) in [5.41, 5.74) is 2.56. The van der Waals surface area contributed by atoms with E-state index < -0.39 is 0 Å². The molecule has 0 saturated carbocycles. The predicted molar refractivity (Wildman–Crippen MR) is 77.3 cm³/mol. The molecule has 0 aromatic carbocycles. The SMILES string of the molecule is CCc1csc(NC(C)c2cc(C)sc2C)n1. The molecule has 0 saturated heterocycles. The minimum absolute atomic E-state index is 0.329. The molecule has 1 unspecified atom stereocenters. The van der Waals surface area contributed by atoms with Gasteiger partial charge in [-0.3, -0.25) is 0 Å². The zero-order chi connectivity index (χ0) is 12.4. The van der Waals surface area contributed by atoms with Crippen LogP contribution in [0.15, 0.2) is 11.4 Å². The van der Waals surface area contributed by atoms with Crippen LogP contribution in [0.3, 0.4) is 0 Å². The molecule has 2 nitrogen and oxygen atoms in total. The van der Waals surface area contributed by atoms with Crippen LogP contribution in [-0.2, 0) is 6.42 Å². The Bertz CT molecular complexity index is 499. The molecule has 2 heterocycles. The van der Waals surface area contributed by atoms with E-state index in [1.165, 1.54) is 21.0 Å². The van der Waals surface area contributed by atoms with E-state index >= 15 is 0 Å². The van der Waals surface area contributed by atoms with Gasteiger partial charge in [0.1, 0.15) is 0 Å². The molecule has 2 aromatic rings. The van der Waals surface area contributed by atoms with Gasteiger partial charge in [0.2, 0.25) is 0 Å². The second kappa shape index (κ2) is 5.19. The Kier molecular flexibility index (Phi) is 3.84. The minimum Gasteiger partial charge on any atom is -0.355 e. The zero-order valence-electron chi connectivity index (χ0n) is 10.7. The summed E-state index contributed by atoms with van der Waals surface area (Å²) in [5.74, 6) is 0. The Morgan fingerprint density at radius 1 is 1.41 bits per heavy atom. The van der Waals surface area contributed by atoms with Crippen LogP contribution >= 0.6 is 22.7 Å². The van der Waals surface area contributed by atoms with Crippen LogP contribution in [-0.4, -0.2) is 4.98 Å². The molecular weight excluding hydrogens is 248 g/mol. The van der Waals surface area contributed by atoms with Gasteiger partial charge in [0.25, 0.3) is 0 Å². The predicted octanol–water partition coefficient (Wildman–Crippen LogP) is 4.56. The number of hydrogen-bond donors (Lipinski definition) is 1. The lowest BCUT2D eigenvalue weighted by molar-refractivity contribution is 0.875. The van der Waals surface area contributed by atoms with Crippen molar-refractivity contribution >= 4 is 27.8 Å². The number of rotatable bonds is 4. The Labute approximate surface area is 111 Å². The van der Waals surface area contributed by atoms with Gasteiger partial charge in [0, 0.05) is 15.1 Å². The van der Waals surface area contributed by atoms with Crippen molar-refractivity contribution in [2.75, 3.05) is 5.32 Å². The molecule has 92 valence electrons. The third-order valence-corrected chi connectivity index (χ3v) is 4.60. The fourth-order valence-corrected chi connectivity index (χ4v) is 3.78. The number of hydrogen-bond acceptors (Lipinski definition) is 4. The summed E-state index contributed by atoms with van der Waals surface area (Å²) in [6, 6.07) is 2.60. The number of nitrogens with one attached hydrogen (secondary N) is 1. The molecule has 1 atom stereocenters. The molecule has 2 rings (SSSR count). The summed E-state index contributed by atoms with van der Waals surface area (Å²) < 4.78 is 0. The van der Waals surface area contributed by atoms with Crippen LogP contribution in [0.5, 0.6) is 0 Å². The fourth-order valence-electron chi connectivity index (χ4n) is 1.88. The maximum atomic E-state index is 4.54. The van der Waals surface area contributed by atoms with Gasteiger partial charge in [-0.15, -0.1) is 22.7 Å². The highest BCUT2D eigenvalue weighted by Gasteiger charge is 2.12. The van der Waals surface area contributed by atoms with Crippen LogP contribution < -0.4 is 5.32 Å². The average Bonchev–Trinajstić information content (AvgIpc) is 2.85. The maximum absolute atomic E-state index is 4.54. The van der Waals surface area contributed by atoms with Crippen molar-refractivity contribution in [2.45, 2.75) is 40.2 Å². The summed E-state index contributed by atoms with van der Waals surface area (Å²) in [7, 11) is 0. The van der Waals surface area contributed by atoms with Crippen molar-refractivity contribution < 1.29 is 0 Å². The molecule has 0 amide bonds. The molecule has 0 radical (unpaired) electrons. The first-order chi connectivity index (χ1) is 8.10. The van der Waals surface area contributed by atoms with Crippen LogP contribution in [0.4, 0.5) is 5.13 Å². The van der Waals surface area contributed by atoms with Crippen LogP contribution in [0, 0.1) is 13.8 Å².